The molecule has 0 saturated heterocycles. The number of nitrogens with zero attached hydrogens (tertiary/aromatic N) is 5. The van der Waals surface area contributed by atoms with Crippen molar-refractivity contribution in [2.24, 2.45) is 12.2 Å². The molecule has 2 heterocycles. The molecule has 4 aromatic rings. The molecule has 1 unspecified atom stereocenters. The highest BCUT2D eigenvalue weighted by atomic mass is 16.4. The normalized spacial score (nSPS) is 12.6. The number of pyridine rings is 1. The Kier molecular flexibility index (Phi) is 5.70. The summed E-state index contributed by atoms with van der Waals surface area (Å²) >= 11 is 0. The van der Waals surface area contributed by atoms with Crippen molar-refractivity contribution >= 4 is 5.71 Å². The third kappa shape index (κ3) is 4.28. The van der Waals surface area contributed by atoms with Crippen LogP contribution in [0.5, 0.6) is 0 Å². The lowest BCUT2D eigenvalue weighted by Gasteiger charge is -2.21. The topological polar surface area (TPSA) is 109 Å². The van der Waals surface area contributed by atoms with Gasteiger partial charge in [-0.1, -0.05) is 53.7 Å². The Labute approximate surface area is 178 Å². The second-order valence-electron chi connectivity index (χ2n) is 7.40. The fraction of sp³-hybridized carbons (Fsp3) is 0.174. The van der Waals surface area contributed by atoms with Gasteiger partial charge >= 0.3 is 0 Å². The van der Waals surface area contributed by atoms with Crippen LogP contribution in [0.4, 0.5) is 0 Å². The SMILES string of the molecule is Cc1ccccc1C(CC(=NO)c1ccc(=O)n(C)c1)c1ccc(-c2nnn[nH]2)cc1. The van der Waals surface area contributed by atoms with Crippen molar-refractivity contribution in [3.8, 4) is 11.4 Å². The quantitative estimate of drug-likeness (QED) is 0.286. The van der Waals surface area contributed by atoms with Crippen LogP contribution in [0.2, 0.25) is 0 Å². The van der Waals surface area contributed by atoms with E-state index in [1.807, 2.05) is 36.4 Å². The van der Waals surface area contributed by atoms with E-state index in [4.69, 9.17) is 0 Å². The van der Waals surface area contributed by atoms with Crippen LogP contribution >= 0.6 is 0 Å². The van der Waals surface area contributed by atoms with Crippen molar-refractivity contribution in [1.29, 1.82) is 0 Å². The first-order chi connectivity index (χ1) is 15.1. The van der Waals surface area contributed by atoms with Gasteiger partial charge in [0.25, 0.3) is 0 Å². The van der Waals surface area contributed by atoms with Gasteiger partial charge in [0.15, 0.2) is 5.82 Å². The van der Waals surface area contributed by atoms with E-state index in [0.717, 1.165) is 22.3 Å². The summed E-state index contributed by atoms with van der Waals surface area (Å²) in [5, 5.41) is 27.3. The molecule has 0 amide bonds. The van der Waals surface area contributed by atoms with Crippen molar-refractivity contribution < 1.29 is 5.21 Å². The van der Waals surface area contributed by atoms with E-state index in [1.165, 1.54) is 10.6 Å². The predicted molar refractivity (Wildman–Crippen MR) is 117 cm³/mol. The lowest BCUT2D eigenvalue weighted by Crippen LogP contribution is -2.18. The standard InChI is InChI=1S/C23H22N6O2/c1-15-5-3-4-6-19(15)20(13-21(26-31)18-11-12-22(30)29(2)14-18)16-7-9-17(10-8-16)23-24-27-28-25-23/h3-12,14,20,31H,13H2,1-2H3,(H,24,25,27,28). The number of hydrogen-bond acceptors (Lipinski definition) is 6. The van der Waals surface area contributed by atoms with Crippen molar-refractivity contribution in [3.63, 3.8) is 0 Å². The van der Waals surface area contributed by atoms with Crippen LogP contribution in [0, 0.1) is 6.92 Å². The zero-order valence-electron chi connectivity index (χ0n) is 17.2. The highest BCUT2D eigenvalue weighted by Crippen LogP contribution is 2.32. The van der Waals surface area contributed by atoms with Crippen LogP contribution in [0.3, 0.4) is 0 Å². The fourth-order valence-electron chi connectivity index (χ4n) is 3.71. The Morgan fingerprint density at radius 1 is 1.13 bits per heavy atom. The minimum absolute atomic E-state index is 0.0498. The van der Waals surface area contributed by atoms with Crippen LogP contribution in [0.1, 0.15) is 34.6 Å². The van der Waals surface area contributed by atoms with Gasteiger partial charge in [-0.25, -0.2) is 5.10 Å². The summed E-state index contributed by atoms with van der Waals surface area (Å²) < 4.78 is 1.48. The van der Waals surface area contributed by atoms with Gasteiger partial charge in [0.2, 0.25) is 5.56 Å². The maximum atomic E-state index is 11.8. The van der Waals surface area contributed by atoms with Gasteiger partial charge < -0.3 is 9.77 Å². The largest absolute Gasteiger partial charge is 0.411 e. The molecule has 0 spiro atoms. The molecule has 1 atom stereocenters. The molecule has 156 valence electrons. The summed E-state index contributed by atoms with van der Waals surface area (Å²) in [6, 6.07) is 19.3. The van der Waals surface area contributed by atoms with Gasteiger partial charge in [-0.3, -0.25) is 4.79 Å². The first-order valence-electron chi connectivity index (χ1n) is 9.84. The number of aryl methyl sites for hydroxylation is 2. The van der Waals surface area contributed by atoms with Gasteiger partial charge in [0, 0.05) is 42.8 Å². The molecule has 0 fully saturated rings. The Morgan fingerprint density at radius 2 is 1.90 bits per heavy atom. The van der Waals surface area contributed by atoms with Gasteiger partial charge in [-0.05, 0) is 40.1 Å². The number of oxime groups is 1. The molecule has 31 heavy (non-hydrogen) atoms. The maximum Gasteiger partial charge on any atom is 0.250 e. The second kappa shape index (κ2) is 8.74. The van der Waals surface area contributed by atoms with Gasteiger partial charge in [0.1, 0.15) is 0 Å². The number of nitrogens with one attached hydrogen (secondary N) is 1. The van der Waals surface area contributed by atoms with E-state index in [2.05, 4.69) is 44.8 Å². The molecule has 2 N–H and O–H groups in total. The number of benzene rings is 2. The molecule has 2 aromatic heterocycles. The highest BCUT2D eigenvalue weighted by Gasteiger charge is 2.21. The minimum atomic E-state index is -0.117. The number of hydrogen-bond donors (Lipinski definition) is 2. The minimum Gasteiger partial charge on any atom is -0.411 e. The lowest BCUT2D eigenvalue weighted by molar-refractivity contribution is 0.317. The Bertz CT molecular complexity index is 1260. The van der Waals surface area contributed by atoms with Crippen LogP contribution in [0.25, 0.3) is 11.4 Å². The average molecular weight is 414 g/mol. The van der Waals surface area contributed by atoms with Crippen LogP contribution in [0.15, 0.2) is 76.8 Å². The molecule has 4 rings (SSSR count). The molecule has 0 saturated carbocycles. The molecule has 0 aliphatic rings. The molecular weight excluding hydrogens is 392 g/mol. The van der Waals surface area contributed by atoms with E-state index in [-0.39, 0.29) is 11.5 Å². The summed E-state index contributed by atoms with van der Waals surface area (Å²) in [6.45, 7) is 2.07. The predicted octanol–water partition coefficient (Wildman–Crippen LogP) is 3.27. The van der Waals surface area contributed by atoms with E-state index in [0.29, 0.717) is 23.5 Å². The molecular formula is C23H22N6O2. The average Bonchev–Trinajstić information content (AvgIpc) is 3.33. The fourth-order valence-corrected chi connectivity index (χ4v) is 3.71. The molecule has 0 radical (unpaired) electrons. The van der Waals surface area contributed by atoms with Gasteiger partial charge in [-0.2, -0.15) is 0 Å². The van der Waals surface area contributed by atoms with E-state index >= 15 is 0 Å². The van der Waals surface area contributed by atoms with Crippen molar-refractivity contribution in [2.75, 3.05) is 0 Å². The Balaban J connectivity index is 1.73. The molecule has 0 aliphatic heterocycles. The molecule has 8 nitrogen and oxygen atoms in total. The Hall–Kier alpha value is -4.07. The van der Waals surface area contributed by atoms with Crippen molar-refractivity contribution in [3.05, 3.63) is 99.5 Å². The summed E-state index contributed by atoms with van der Waals surface area (Å²) in [4.78, 5) is 11.8. The third-order valence-corrected chi connectivity index (χ3v) is 5.43. The molecule has 8 heteroatoms. The maximum absolute atomic E-state index is 11.8. The Morgan fingerprint density at radius 3 is 2.55 bits per heavy atom. The lowest BCUT2D eigenvalue weighted by atomic mass is 9.83. The summed E-state index contributed by atoms with van der Waals surface area (Å²) in [6.07, 6.45) is 2.15. The number of rotatable bonds is 6. The zero-order valence-corrected chi connectivity index (χ0v) is 17.2. The first kappa shape index (κ1) is 20.2. The zero-order chi connectivity index (χ0) is 21.8. The summed E-state index contributed by atoms with van der Waals surface area (Å²) in [7, 11) is 1.68. The van der Waals surface area contributed by atoms with Gasteiger partial charge in [-0.15, -0.1) is 5.10 Å². The summed E-state index contributed by atoms with van der Waals surface area (Å²) in [5.41, 5.74) is 5.33. The monoisotopic (exact) mass is 414 g/mol. The third-order valence-electron chi connectivity index (χ3n) is 5.43. The number of aromatic nitrogens is 5. The van der Waals surface area contributed by atoms with Crippen molar-refractivity contribution in [1.82, 2.24) is 25.2 Å². The molecule has 0 bridgehead atoms. The van der Waals surface area contributed by atoms with Crippen LogP contribution in [-0.2, 0) is 7.05 Å². The summed E-state index contributed by atoms with van der Waals surface area (Å²) in [5.74, 6) is 0.549. The van der Waals surface area contributed by atoms with E-state index in [9.17, 15) is 10.0 Å². The van der Waals surface area contributed by atoms with Crippen LogP contribution in [-0.4, -0.2) is 36.1 Å². The van der Waals surface area contributed by atoms with Gasteiger partial charge in [0.05, 0.1) is 5.71 Å². The highest BCUT2D eigenvalue weighted by molar-refractivity contribution is 6.00. The first-order valence-corrected chi connectivity index (χ1v) is 9.84. The van der Waals surface area contributed by atoms with Crippen molar-refractivity contribution in [2.45, 2.75) is 19.3 Å². The smallest absolute Gasteiger partial charge is 0.250 e. The van der Waals surface area contributed by atoms with E-state index < -0.39 is 0 Å². The number of H-pyrrole nitrogens is 1. The number of aromatic amines is 1. The van der Waals surface area contributed by atoms with E-state index in [1.54, 1.807) is 19.3 Å². The molecule has 2 aromatic carbocycles. The second-order valence-corrected chi connectivity index (χ2v) is 7.40. The number of tetrazole rings is 1. The molecule has 0 aliphatic carbocycles. The van der Waals surface area contributed by atoms with Crippen LogP contribution < -0.4 is 5.56 Å².